The van der Waals surface area contributed by atoms with Gasteiger partial charge in [-0.2, -0.15) is 11.8 Å². The Morgan fingerprint density at radius 2 is 2.20 bits per heavy atom. The fourth-order valence-corrected chi connectivity index (χ4v) is 2.70. The Bertz CT molecular complexity index is 476. The van der Waals surface area contributed by atoms with Gasteiger partial charge in [0.05, 0.1) is 0 Å². The van der Waals surface area contributed by atoms with Crippen molar-refractivity contribution in [2.24, 2.45) is 0 Å². The van der Waals surface area contributed by atoms with Gasteiger partial charge in [-0.25, -0.2) is 0 Å². The van der Waals surface area contributed by atoms with E-state index in [4.69, 9.17) is 11.6 Å². The molecule has 0 saturated carbocycles. The summed E-state index contributed by atoms with van der Waals surface area (Å²) < 4.78 is 2.33. The maximum Gasteiger partial charge on any atom is 0.0499 e. The standard InChI is InChI=1S/C12H14ClNS/c1-3-14-9(8-15-2)7-10-11(13)5-4-6-12(10)14/h4-7H,3,8H2,1-2H3. The average molecular weight is 240 g/mol. The lowest BCUT2D eigenvalue weighted by molar-refractivity contribution is 0.766. The molecule has 0 saturated heterocycles. The Hall–Kier alpha value is -0.600. The van der Waals surface area contributed by atoms with Crippen LogP contribution in [0.2, 0.25) is 5.02 Å². The van der Waals surface area contributed by atoms with E-state index >= 15 is 0 Å². The molecular formula is C12H14ClNS. The Kier molecular flexibility index (Phi) is 3.27. The number of hydrogen-bond acceptors (Lipinski definition) is 1. The second-order valence-corrected chi connectivity index (χ2v) is 4.76. The first-order chi connectivity index (χ1) is 7.27. The van der Waals surface area contributed by atoms with Gasteiger partial charge in [0.2, 0.25) is 0 Å². The van der Waals surface area contributed by atoms with E-state index < -0.39 is 0 Å². The van der Waals surface area contributed by atoms with Crippen molar-refractivity contribution in [3.8, 4) is 0 Å². The van der Waals surface area contributed by atoms with Gasteiger partial charge in [-0.05, 0) is 31.4 Å². The molecule has 3 heteroatoms. The minimum atomic E-state index is 0.849. The molecule has 2 rings (SSSR count). The van der Waals surface area contributed by atoms with E-state index in [0.29, 0.717) is 0 Å². The fraction of sp³-hybridized carbons (Fsp3) is 0.333. The minimum Gasteiger partial charge on any atom is -0.344 e. The quantitative estimate of drug-likeness (QED) is 0.778. The Morgan fingerprint density at radius 1 is 1.40 bits per heavy atom. The Balaban J connectivity index is 2.67. The highest BCUT2D eigenvalue weighted by Gasteiger charge is 2.08. The number of fused-ring (bicyclic) bond motifs is 1. The van der Waals surface area contributed by atoms with Gasteiger partial charge in [-0.1, -0.05) is 17.7 Å². The van der Waals surface area contributed by atoms with E-state index in [9.17, 15) is 0 Å². The first-order valence-corrected chi connectivity index (χ1v) is 6.80. The van der Waals surface area contributed by atoms with Gasteiger partial charge in [0, 0.05) is 33.9 Å². The van der Waals surface area contributed by atoms with Gasteiger partial charge >= 0.3 is 0 Å². The van der Waals surface area contributed by atoms with Crippen LogP contribution in [0.3, 0.4) is 0 Å². The number of aromatic nitrogens is 1. The summed E-state index contributed by atoms with van der Waals surface area (Å²) in [7, 11) is 0. The summed E-state index contributed by atoms with van der Waals surface area (Å²) in [5.74, 6) is 1.04. The molecule has 15 heavy (non-hydrogen) atoms. The number of nitrogens with zero attached hydrogens (tertiary/aromatic N) is 1. The van der Waals surface area contributed by atoms with Gasteiger partial charge in [0.15, 0.2) is 0 Å². The number of halogens is 1. The van der Waals surface area contributed by atoms with Crippen molar-refractivity contribution in [3.05, 3.63) is 35.0 Å². The predicted molar refractivity (Wildman–Crippen MR) is 69.8 cm³/mol. The number of hydrogen-bond donors (Lipinski definition) is 0. The Morgan fingerprint density at radius 3 is 2.87 bits per heavy atom. The molecule has 1 nitrogen and oxygen atoms in total. The molecule has 0 aliphatic carbocycles. The van der Waals surface area contributed by atoms with Gasteiger partial charge in [-0.3, -0.25) is 0 Å². The van der Waals surface area contributed by atoms with E-state index in [1.54, 1.807) is 0 Å². The second-order valence-electron chi connectivity index (χ2n) is 3.49. The lowest BCUT2D eigenvalue weighted by atomic mass is 10.2. The second kappa shape index (κ2) is 4.50. The third-order valence-electron chi connectivity index (χ3n) is 2.59. The lowest BCUT2D eigenvalue weighted by Crippen LogP contribution is -1.98. The van der Waals surface area contributed by atoms with Crippen LogP contribution in [0.15, 0.2) is 24.3 Å². The third kappa shape index (κ3) is 1.88. The molecule has 0 aliphatic heterocycles. The summed E-state index contributed by atoms with van der Waals surface area (Å²) in [6.07, 6.45) is 2.12. The largest absolute Gasteiger partial charge is 0.344 e. The number of aryl methyl sites for hydroxylation is 1. The molecule has 2 aromatic rings. The molecule has 0 atom stereocenters. The zero-order valence-corrected chi connectivity index (χ0v) is 10.5. The van der Waals surface area contributed by atoms with Crippen LogP contribution in [0.4, 0.5) is 0 Å². The van der Waals surface area contributed by atoms with Crippen LogP contribution in [-0.4, -0.2) is 10.8 Å². The summed E-state index contributed by atoms with van der Waals surface area (Å²) in [6, 6.07) is 8.30. The van der Waals surface area contributed by atoms with Crippen molar-refractivity contribution < 1.29 is 0 Å². The highest BCUT2D eigenvalue weighted by atomic mass is 35.5. The lowest BCUT2D eigenvalue weighted by Gasteiger charge is -2.06. The van der Waals surface area contributed by atoms with E-state index in [1.165, 1.54) is 16.6 Å². The summed E-state index contributed by atoms with van der Waals surface area (Å²) in [5, 5.41) is 2.02. The molecular weight excluding hydrogens is 226 g/mol. The van der Waals surface area contributed by atoms with E-state index in [1.807, 2.05) is 23.9 Å². The molecule has 80 valence electrons. The predicted octanol–water partition coefficient (Wildman–Crippen LogP) is 4.18. The van der Waals surface area contributed by atoms with Crippen LogP contribution >= 0.6 is 23.4 Å². The molecule has 0 radical (unpaired) electrons. The van der Waals surface area contributed by atoms with Gasteiger partial charge < -0.3 is 4.57 Å². The minimum absolute atomic E-state index is 0.849. The van der Waals surface area contributed by atoms with E-state index in [2.05, 4.69) is 29.9 Å². The fourth-order valence-electron chi connectivity index (χ4n) is 1.94. The first kappa shape index (κ1) is 10.9. The zero-order valence-electron chi connectivity index (χ0n) is 8.96. The molecule has 0 bridgehead atoms. The van der Waals surface area contributed by atoms with Crippen molar-refractivity contribution in [2.75, 3.05) is 6.26 Å². The molecule has 1 aromatic carbocycles. The molecule has 0 N–H and O–H groups in total. The number of rotatable bonds is 3. The molecule has 0 amide bonds. The molecule has 1 aromatic heterocycles. The summed E-state index contributed by atoms with van der Waals surface area (Å²) in [5.41, 5.74) is 2.60. The number of benzene rings is 1. The van der Waals surface area contributed by atoms with Crippen molar-refractivity contribution in [3.63, 3.8) is 0 Å². The summed E-state index contributed by atoms with van der Waals surface area (Å²) in [6.45, 7) is 3.17. The van der Waals surface area contributed by atoms with Crippen LogP contribution in [0.25, 0.3) is 10.9 Å². The summed E-state index contributed by atoms with van der Waals surface area (Å²) >= 11 is 8.02. The zero-order chi connectivity index (χ0) is 10.8. The van der Waals surface area contributed by atoms with Crippen molar-refractivity contribution >= 4 is 34.3 Å². The van der Waals surface area contributed by atoms with Gasteiger partial charge in [0.1, 0.15) is 0 Å². The van der Waals surface area contributed by atoms with E-state index in [-0.39, 0.29) is 0 Å². The number of thioether (sulfide) groups is 1. The third-order valence-corrected chi connectivity index (χ3v) is 3.50. The van der Waals surface area contributed by atoms with Crippen LogP contribution in [0.1, 0.15) is 12.6 Å². The highest BCUT2D eigenvalue weighted by Crippen LogP contribution is 2.28. The smallest absolute Gasteiger partial charge is 0.0499 e. The van der Waals surface area contributed by atoms with Crippen molar-refractivity contribution in [1.29, 1.82) is 0 Å². The Labute approximate surface area is 99.4 Å². The van der Waals surface area contributed by atoms with Gasteiger partial charge in [0.25, 0.3) is 0 Å². The summed E-state index contributed by atoms with van der Waals surface area (Å²) in [4.78, 5) is 0. The van der Waals surface area contributed by atoms with Crippen molar-refractivity contribution in [1.82, 2.24) is 4.57 Å². The van der Waals surface area contributed by atoms with Crippen LogP contribution in [0, 0.1) is 0 Å². The highest BCUT2D eigenvalue weighted by molar-refractivity contribution is 7.97. The van der Waals surface area contributed by atoms with Crippen LogP contribution < -0.4 is 0 Å². The van der Waals surface area contributed by atoms with Crippen LogP contribution in [0.5, 0.6) is 0 Å². The van der Waals surface area contributed by atoms with Gasteiger partial charge in [-0.15, -0.1) is 0 Å². The molecule has 1 heterocycles. The normalized spacial score (nSPS) is 11.1. The molecule has 0 fully saturated rings. The molecule has 0 aliphatic rings. The average Bonchev–Trinajstić information content (AvgIpc) is 2.58. The maximum absolute atomic E-state index is 6.18. The van der Waals surface area contributed by atoms with Crippen LogP contribution in [-0.2, 0) is 12.3 Å². The monoisotopic (exact) mass is 239 g/mol. The molecule has 0 spiro atoms. The van der Waals surface area contributed by atoms with E-state index in [0.717, 1.165) is 17.3 Å². The topological polar surface area (TPSA) is 4.93 Å². The van der Waals surface area contributed by atoms with Crippen molar-refractivity contribution in [2.45, 2.75) is 19.2 Å². The molecule has 0 unspecified atom stereocenters. The first-order valence-electron chi connectivity index (χ1n) is 5.03. The SMILES string of the molecule is CCn1c(CSC)cc2c(Cl)cccc21. The maximum atomic E-state index is 6.18.